The number of methoxy groups -OCH3 is 1. The number of ether oxygens (including phenoxy) is 1. The second kappa shape index (κ2) is 7.00. The lowest BCUT2D eigenvalue weighted by Crippen LogP contribution is -2.23. The Balaban J connectivity index is 1.85. The minimum absolute atomic E-state index is 0.231. The predicted octanol–water partition coefficient (Wildman–Crippen LogP) is 3.89. The number of anilines is 1. The van der Waals surface area contributed by atoms with E-state index in [0.717, 1.165) is 11.3 Å². The molecule has 0 fully saturated rings. The zero-order valence-corrected chi connectivity index (χ0v) is 16.1. The van der Waals surface area contributed by atoms with Crippen molar-refractivity contribution in [2.24, 2.45) is 0 Å². The Kier molecular flexibility index (Phi) is 4.17. The minimum atomic E-state index is -0.233. The van der Waals surface area contributed by atoms with Crippen LogP contribution >= 0.6 is 0 Å². The van der Waals surface area contributed by atoms with Gasteiger partial charge in [0.15, 0.2) is 0 Å². The summed E-state index contributed by atoms with van der Waals surface area (Å²) in [5.41, 5.74) is 2.85. The highest BCUT2D eigenvalue weighted by Crippen LogP contribution is 2.33. The Morgan fingerprint density at radius 1 is 0.933 bits per heavy atom. The standard InChI is InChI=1S/C24H17N3O3/c1-30-21-13-7-6-12-20(21)27-22(25-19-11-5-3-9-16(19)24(27)29)14-17-15-8-2-4-10-18(15)26-23(17)28/h2-14H,1H3,(H,26,28). The first-order chi connectivity index (χ1) is 14.7. The van der Waals surface area contributed by atoms with E-state index in [1.807, 2.05) is 42.5 Å². The first-order valence-electron chi connectivity index (χ1n) is 9.45. The average Bonchev–Trinajstić information content (AvgIpc) is 3.09. The Bertz CT molecular complexity index is 1400. The van der Waals surface area contributed by atoms with Crippen LogP contribution in [0, 0.1) is 0 Å². The van der Waals surface area contributed by atoms with Gasteiger partial charge in [0.25, 0.3) is 11.5 Å². The summed E-state index contributed by atoms with van der Waals surface area (Å²) < 4.78 is 6.97. The lowest BCUT2D eigenvalue weighted by molar-refractivity contribution is -0.110. The Morgan fingerprint density at radius 3 is 2.53 bits per heavy atom. The van der Waals surface area contributed by atoms with Crippen LogP contribution in [-0.4, -0.2) is 22.6 Å². The highest BCUT2D eigenvalue weighted by atomic mass is 16.5. The summed E-state index contributed by atoms with van der Waals surface area (Å²) in [7, 11) is 1.55. The van der Waals surface area contributed by atoms with Crippen molar-refractivity contribution in [1.29, 1.82) is 0 Å². The number of aromatic nitrogens is 2. The molecule has 0 aliphatic carbocycles. The van der Waals surface area contributed by atoms with Crippen LogP contribution in [0.3, 0.4) is 0 Å². The van der Waals surface area contributed by atoms with Crippen molar-refractivity contribution >= 4 is 34.1 Å². The summed E-state index contributed by atoms with van der Waals surface area (Å²) in [4.78, 5) is 30.8. The maximum atomic E-state index is 13.5. The van der Waals surface area contributed by atoms with E-state index >= 15 is 0 Å². The quantitative estimate of drug-likeness (QED) is 0.534. The molecule has 5 rings (SSSR count). The number of carbonyl (C=O) groups excluding carboxylic acids is 1. The number of rotatable bonds is 3. The first kappa shape index (κ1) is 17.9. The molecular weight excluding hydrogens is 378 g/mol. The maximum absolute atomic E-state index is 13.5. The van der Waals surface area contributed by atoms with E-state index in [0.29, 0.717) is 33.7 Å². The van der Waals surface area contributed by atoms with Crippen molar-refractivity contribution < 1.29 is 9.53 Å². The molecular formula is C24H17N3O3. The molecule has 0 bridgehead atoms. The van der Waals surface area contributed by atoms with Gasteiger partial charge >= 0.3 is 0 Å². The summed E-state index contributed by atoms with van der Waals surface area (Å²) in [6, 6.07) is 21.8. The first-order valence-corrected chi connectivity index (χ1v) is 9.45. The summed E-state index contributed by atoms with van der Waals surface area (Å²) >= 11 is 0. The molecule has 2 heterocycles. The van der Waals surface area contributed by atoms with Crippen molar-refractivity contribution in [1.82, 2.24) is 9.55 Å². The highest BCUT2D eigenvalue weighted by Gasteiger charge is 2.25. The van der Waals surface area contributed by atoms with E-state index in [9.17, 15) is 9.59 Å². The predicted molar refractivity (Wildman–Crippen MR) is 117 cm³/mol. The van der Waals surface area contributed by atoms with Gasteiger partial charge in [-0.2, -0.15) is 0 Å². The lowest BCUT2D eigenvalue weighted by atomic mass is 10.1. The van der Waals surface area contributed by atoms with Crippen molar-refractivity contribution in [2.75, 3.05) is 12.4 Å². The van der Waals surface area contributed by atoms with Crippen LogP contribution in [0.4, 0.5) is 5.69 Å². The van der Waals surface area contributed by atoms with Crippen LogP contribution in [0.25, 0.3) is 28.2 Å². The van der Waals surface area contributed by atoms with Gasteiger partial charge < -0.3 is 10.1 Å². The number of nitrogens with zero attached hydrogens (tertiary/aromatic N) is 2. The van der Waals surface area contributed by atoms with Crippen molar-refractivity contribution in [3.05, 3.63) is 94.5 Å². The second-order valence-electron chi connectivity index (χ2n) is 6.86. The molecule has 0 unspecified atom stereocenters. The summed E-state index contributed by atoms with van der Waals surface area (Å²) in [6.07, 6.45) is 1.65. The van der Waals surface area contributed by atoms with Gasteiger partial charge in [-0.3, -0.25) is 14.2 Å². The van der Waals surface area contributed by atoms with Gasteiger partial charge in [-0.1, -0.05) is 42.5 Å². The fourth-order valence-corrected chi connectivity index (χ4v) is 3.71. The van der Waals surface area contributed by atoms with E-state index in [2.05, 4.69) is 5.32 Å². The number of hydrogen-bond donors (Lipinski definition) is 1. The number of nitrogens with one attached hydrogen (secondary N) is 1. The molecule has 146 valence electrons. The summed E-state index contributed by atoms with van der Waals surface area (Å²) in [6.45, 7) is 0. The summed E-state index contributed by atoms with van der Waals surface area (Å²) in [5, 5.41) is 3.34. The molecule has 1 aromatic heterocycles. The zero-order valence-electron chi connectivity index (χ0n) is 16.1. The normalized spacial score (nSPS) is 14.0. The number of benzene rings is 3. The van der Waals surface area contributed by atoms with Gasteiger partial charge in [-0.05, 0) is 36.4 Å². The molecule has 0 saturated heterocycles. The van der Waals surface area contributed by atoms with E-state index < -0.39 is 0 Å². The van der Waals surface area contributed by atoms with Crippen LogP contribution in [0.15, 0.2) is 77.6 Å². The SMILES string of the molecule is COc1ccccc1-n1c(C=C2C(=O)Nc3ccccc32)nc2ccccc2c1=O. The fourth-order valence-electron chi connectivity index (χ4n) is 3.71. The van der Waals surface area contributed by atoms with E-state index in [1.54, 1.807) is 43.5 Å². The van der Waals surface area contributed by atoms with Crippen LogP contribution in [0.2, 0.25) is 0 Å². The summed E-state index contributed by atoms with van der Waals surface area (Å²) in [5.74, 6) is 0.655. The molecule has 1 amide bonds. The molecule has 0 atom stereocenters. The molecule has 1 N–H and O–H groups in total. The van der Waals surface area contributed by atoms with Crippen LogP contribution in [-0.2, 0) is 4.79 Å². The van der Waals surface area contributed by atoms with Gasteiger partial charge in [-0.25, -0.2) is 4.98 Å². The molecule has 1 aliphatic heterocycles. The van der Waals surface area contributed by atoms with Crippen LogP contribution in [0.1, 0.15) is 11.4 Å². The second-order valence-corrected chi connectivity index (χ2v) is 6.86. The number of carbonyl (C=O) groups is 1. The van der Waals surface area contributed by atoms with Gasteiger partial charge in [0.2, 0.25) is 0 Å². The van der Waals surface area contributed by atoms with Crippen molar-refractivity contribution in [2.45, 2.75) is 0 Å². The molecule has 0 spiro atoms. The molecule has 6 heteroatoms. The van der Waals surface area contributed by atoms with Gasteiger partial charge in [-0.15, -0.1) is 0 Å². The number of amides is 1. The van der Waals surface area contributed by atoms with Crippen LogP contribution < -0.4 is 15.6 Å². The van der Waals surface area contributed by atoms with Crippen molar-refractivity contribution in [3.8, 4) is 11.4 Å². The van der Waals surface area contributed by atoms with Gasteiger partial charge in [0.05, 0.1) is 29.3 Å². The highest BCUT2D eigenvalue weighted by molar-refractivity contribution is 6.34. The fraction of sp³-hybridized carbons (Fsp3) is 0.0417. The molecule has 0 radical (unpaired) electrons. The lowest BCUT2D eigenvalue weighted by Gasteiger charge is -2.14. The monoisotopic (exact) mass is 395 g/mol. The number of para-hydroxylation sites is 4. The molecule has 0 saturated carbocycles. The molecule has 30 heavy (non-hydrogen) atoms. The third-order valence-electron chi connectivity index (χ3n) is 5.11. The van der Waals surface area contributed by atoms with E-state index in [-0.39, 0.29) is 11.5 Å². The third kappa shape index (κ3) is 2.78. The molecule has 6 nitrogen and oxygen atoms in total. The van der Waals surface area contributed by atoms with Gasteiger partial charge in [0, 0.05) is 11.3 Å². The van der Waals surface area contributed by atoms with Crippen molar-refractivity contribution in [3.63, 3.8) is 0 Å². The van der Waals surface area contributed by atoms with E-state index in [1.165, 1.54) is 4.57 Å². The topological polar surface area (TPSA) is 73.2 Å². The number of fused-ring (bicyclic) bond motifs is 2. The maximum Gasteiger partial charge on any atom is 0.266 e. The molecule has 3 aromatic carbocycles. The number of hydrogen-bond acceptors (Lipinski definition) is 4. The van der Waals surface area contributed by atoms with Gasteiger partial charge in [0.1, 0.15) is 11.6 Å². The largest absolute Gasteiger partial charge is 0.495 e. The zero-order chi connectivity index (χ0) is 20.7. The Labute approximate surface area is 172 Å². The Hall–Kier alpha value is -4.19. The minimum Gasteiger partial charge on any atom is -0.495 e. The molecule has 4 aromatic rings. The van der Waals surface area contributed by atoms with Crippen LogP contribution in [0.5, 0.6) is 5.75 Å². The Morgan fingerprint density at radius 2 is 1.67 bits per heavy atom. The third-order valence-corrected chi connectivity index (χ3v) is 5.11. The average molecular weight is 395 g/mol. The smallest absolute Gasteiger partial charge is 0.266 e. The van der Waals surface area contributed by atoms with E-state index in [4.69, 9.17) is 9.72 Å². The molecule has 1 aliphatic rings.